The molecular formula is C22H23ClN4O2. The number of rotatable bonds is 6. The second kappa shape index (κ2) is 8.92. The van der Waals surface area contributed by atoms with Crippen LogP contribution in [0.2, 0.25) is 5.02 Å². The lowest BCUT2D eigenvalue weighted by atomic mass is 10.1. The third kappa shape index (κ3) is 5.03. The molecule has 0 unspecified atom stereocenters. The van der Waals surface area contributed by atoms with E-state index in [2.05, 4.69) is 15.7 Å². The van der Waals surface area contributed by atoms with Gasteiger partial charge in [0.05, 0.1) is 23.1 Å². The van der Waals surface area contributed by atoms with Crippen LogP contribution in [-0.4, -0.2) is 21.6 Å². The van der Waals surface area contributed by atoms with Crippen molar-refractivity contribution in [2.45, 2.75) is 27.3 Å². The Bertz CT molecular complexity index is 1040. The van der Waals surface area contributed by atoms with Crippen LogP contribution in [0, 0.1) is 12.8 Å². The van der Waals surface area contributed by atoms with Gasteiger partial charge in [0.2, 0.25) is 5.91 Å². The van der Waals surface area contributed by atoms with Gasteiger partial charge in [0.15, 0.2) is 0 Å². The van der Waals surface area contributed by atoms with Crippen molar-refractivity contribution in [3.63, 3.8) is 0 Å². The summed E-state index contributed by atoms with van der Waals surface area (Å²) in [6, 6.07) is 14.7. The van der Waals surface area contributed by atoms with E-state index in [1.165, 1.54) is 0 Å². The van der Waals surface area contributed by atoms with Crippen molar-refractivity contribution < 1.29 is 9.59 Å². The molecule has 0 radical (unpaired) electrons. The molecule has 3 aromatic rings. The molecule has 150 valence electrons. The Balaban J connectivity index is 1.68. The molecule has 0 spiro atoms. The highest BCUT2D eigenvalue weighted by Crippen LogP contribution is 2.18. The van der Waals surface area contributed by atoms with E-state index in [1.54, 1.807) is 23.0 Å². The van der Waals surface area contributed by atoms with E-state index >= 15 is 0 Å². The first kappa shape index (κ1) is 20.6. The number of hydrogen-bond donors (Lipinski definition) is 2. The molecule has 0 bridgehead atoms. The highest BCUT2D eigenvalue weighted by atomic mass is 35.5. The van der Waals surface area contributed by atoms with E-state index in [0.29, 0.717) is 22.8 Å². The van der Waals surface area contributed by atoms with Gasteiger partial charge in [0.1, 0.15) is 0 Å². The average molecular weight is 411 g/mol. The first-order valence-electron chi connectivity index (χ1n) is 9.33. The first-order valence-corrected chi connectivity index (χ1v) is 9.71. The molecule has 1 aromatic heterocycles. The van der Waals surface area contributed by atoms with Crippen LogP contribution in [0.5, 0.6) is 0 Å². The van der Waals surface area contributed by atoms with E-state index in [-0.39, 0.29) is 17.7 Å². The summed E-state index contributed by atoms with van der Waals surface area (Å²) in [7, 11) is 0. The molecule has 7 heteroatoms. The van der Waals surface area contributed by atoms with E-state index in [1.807, 2.05) is 57.2 Å². The van der Waals surface area contributed by atoms with Crippen molar-refractivity contribution in [1.29, 1.82) is 0 Å². The number of anilines is 1. The number of carbonyl (C=O) groups excluding carboxylic acids is 2. The van der Waals surface area contributed by atoms with E-state index in [0.717, 1.165) is 16.9 Å². The number of carbonyl (C=O) groups is 2. The molecule has 0 aliphatic heterocycles. The molecule has 0 aliphatic rings. The Kier molecular flexibility index (Phi) is 6.34. The molecule has 3 rings (SSSR count). The third-order valence-electron chi connectivity index (χ3n) is 4.48. The quantitative estimate of drug-likeness (QED) is 0.634. The monoisotopic (exact) mass is 410 g/mol. The lowest BCUT2D eigenvalue weighted by Gasteiger charge is -2.10. The summed E-state index contributed by atoms with van der Waals surface area (Å²) in [6.45, 7) is 5.85. The van der Waals surface area contributed by atoms with Crippen molar-refractivity contribution in [3.05, 3.63) is 76.6 Å². The smallest absolute Gasteiger partial charge is 0.255 e. The summed E-state index contributed by atoms with van der Waals surface area (Å²) in [5, 5.41) is 10.7. The number of hydrogen-bond acceptors (Lipinski definition) is 3. The number of nitrogens with one attached hydrogen (secondary N) is 2. The molecule has 29 heavy (non-hydrogen) atoms. The average Bonchev–Trinajstić information content (AvgIpc) is 3.08. The molecule has 2 amide bonds. The van der Waals surface area contributed by atoms with Crippen LogP contribution in [0.4, 0.5) is 5.69 Å². The predicted octanol–water partition coefficient (Wildman–Crippen LogP) is 4.36. The van der Waals surface area contributed by atoms with Crippen LogP contribution < -0.4 is 10.6 Å². The maximum absolute atomic E-state index is 12.6. The fourth-order valence-electron chi connectivity index (χ4n) is 2.82. The highest BCUT2D eigenvalue weighted by Gasteiger charge is 2.15. The fraction of sp³-hybridized carbons (Fsp3) is 0.227. The Morgan fingerprint density at radius 2 is 1.90 bits per heavy atom. The van der Waals surface area contributed by atoms with Crippen LogP contribution in [0.15, 0.2) is 54.7 Å². The van der Waals surface area contributed by atoms with Crippen molar-refractivity contribution in [2.75, 3.05) is 5.32 Å². The standard InChI is InChI=1S/C22H23ClN4O2/c1-14(2)21(28)26-18-8-4-6-16(10-18)12-24-22(29)20-13-25-27(15(20)3)19-9-5-7-17(23)11-19/h4-11,13-14H,12H2,1-3H3,(H,24,29)(H,26,28). The Morgan fingerprint density at radius 1 is 1.14 bits per heavy atom. The van der Waals surface area contributed by atoms with Crippen LogP contribution in [0.25, 0.3) is 5.69 Å². The molecule has 2 aromatic carbocycles. The zero-order chi connectivity index (χ0) is 21.0. The molecule has 1 heterocycles. The van der Waals surface area contributed by atoms with Crippen molar-refractivity contribution in [3.8, 4) is 5.69 Å². The second-order valence-electron chi connectivity index (χ2n) is 7.06. The van der Waals surface area contributed by atoms with Gasteiger partial charge in [-0.05, 0) is 42.8 Å². The van der Waals surface area contributed by atoms with E-state index < -0.39 is 0 Å². The third-order valence-corrected chi connectivity index (χ3v) is 4.71. The van der Waals surface area contributed by atoms with Gasteiger partial charge in [-0.3, -0.25) is 9.59 Å². The van der Waals surface area contributed by atoms with Gasteiger partial charge in [0, 0.05) is 23.2 Å². The molecule has 0 saturated carbocycles. The second-order valence-corrected chi connectivity index (χ2v) is 7.50. The summed E-state index contributed by atoms with van der Waals surface area (Å²) in [5.41, 5.74) is 3.61. The number of nitrogens with zero attached hydrogens (tertiary/aromatic N) is 2. The maximum Gasteiger partial charge on any atom is 0.255 e. The first-order chi connectivity index (χ1) is 13.8. The van der Waals surface area contributed by atoms with Crippen molar-refractivity contribution in [2.24, 2.45) is 5.92 Å². The van der Waals surface area contributed by atoms with E-state index in [4.69, 9.17) is 11.6 Å². The summed E-state index contributed by atoms with van der Waals surface area (Å²) < 4.78 is 1.68. The number of amides is 2. The molecule has 0 aliphatic carbocycles. The van der Waals surface area contributed by atoms with E-state index in [9.17, 15) is 9.59 Å². The number of halogens is 1. The van der Waals surface area contributed by atoms with Gasteiger partial charge in [-0.25, -0.2) is 4.68 Å². The van der Waals surface area contributed by atoms with Crippen molar-refractivity contribution >= 4 is 29.1 Å². The maximum atomic E-state index is 12.6. The zero-order valence-corrected chi connectivity index (χ0v) is 17.3. The number of aromatic nitrogens is 2. The van der Waals surface area contributed by atoms with Crippen LogP contribution in [0.3, 0.4) is 0 Å². The van der Waals surface area contributed by atoms with Gasteiger partial charge in [-0.1, -0.05) is 43.6 Å². The Morgan fingerprint density at radius 3 is 2.62 bits per heavy atom. The minimum Gasteiger partial charge on any atom is -0.348 e. The SMILES string of the molecule is Cc1c(C(=O)NCc2cccc(NC(=O)C(C)C)c2)cnn1-c1cccc(Cl)c1. The molecule has 0 fully saturated rings. The molecule has 0 saturated heterocycles. The van der Waals surface area contributed by atoms with Gasteiger partial charge in [0.25, 0.3) is 5.91 Å². The predicted molar refractivity (Wildman–Crippen MR) is 114 cm³/mol. The molecule has 6 nitrogen and oxygen atoms in total. The topological polar surface area (TPSA) is 76.0 Å². The minimum absolute atomic E-state index is 0.0461. The normalized spacial score (nSPS) is 10.8. The molecular weight excluding hydrogens is 388 g/mol. The van der Waals surface area contributed by atoms with Crippen LogP contribution in [0.1, 0.15) is 35.5 Å². The minimum atomic E-state index is -0.215. The summed E-state index contributed by atoms with van der Waals surface area (Å²) >= 11 is 6.05. The zero-order valence-electron chi connectivity index (χ0n) is 16.6. The van der Waals surface area contributed by atoms with Crippen molar-refractivity contribution in [1.82, 2.24) is 15.1 Å². The lowest BCUT2D eigenvalue weighted by molar-refractivity contribution is -0.118. The summed E-state index contributed by atoms with van der Waals surface area (Å²) in [6.07, 6.45) is 1.55. The molecule has 0 atom stereocenters. The van der Waals surface area contributed by atoms with Gasteiger partial charge >= 0.3 is 0 Å². The van der Waals surface area contributed by atoms with Gasteiger partial charge in [-0.2, -0.15) is 5.10 Å². The Hall–Kier alpha value is -3.12. The summed E-state index contributed by atoms with van der Waals surface area (Å²) in [5.74, 6) is -0.361. The van der Waals surface area contributed by atoms with Gasteiger partial charge < -0.3 is 10.6 Å². The number of benzene rings is 2. The fourth-order valence-corrected chi connectivity index (χ4v) is 3.01. The van der Waals surface area contributed by atoms with Crippen LogP contribution in [-0.2, 0) is 11.3 Å². The summed E-state index contributed by atoms with van der Waals surface area (Å²) in [4.78, 5) is 24.5. The largest absolute Gasteiger partial charge is 0.348 e. The van der Waals surface area contributed by atoms with Gasteiger partial charge in [-0.15, -0.1) is 0 Å². The Labute approximate surface area is 174 Å². The van der Waals surface area contributed by atoms with Crippen LogP contribution >= 0.6 is 11.6 Å². The lowest BCUT2D eigenvalue weighted by Crippen LogP contribution is -2.23. The molecule has 2 N–H and O–H groups in total. The highest BCUT2D eigenvalue weighted by molar-refractivity contribution is 6.30.